The van der Waals surface area contributed by atoms with Crippen LogP contribution in [0.4, 0.5) is 0 Å². The highest BCUT2D eigenvalue weighted by Gasteiger charge is 2.29. The van der Waals surface area contributed by atoms with E-state index in [4.69, 9.17) is 9.97 Å². The quantitative estimate of drug-likeness (QED) is 0.194. The smallest absolute Gasteiger partial charge is 0.159 e. The number of hydrogen-bond donors (Lipinski definition) is 0. The summed E-state index contributed by atoms with van der Waals surface area (Å²) in [6, 6.07) is 37.4. The second kappa shape index (κ2) is 10.8. The second-order valence-corrected chi connectivity index (χ2v) is 12.7. The summed E-state index contributed by atoms with van der Waals surface area (Å²) in [5.41, 5.74) is 11.5. The molecule has 0 radical (unpaired) electrons. The van der Waals surface area contributed by atoms with Gasteiger partial charge in [-0.05, 0) is 116 Å². The van der Waals surface area contributed by atoms with Gasteiger partial charge < -0.3 is 0 Å². The van der Waals surface area contributed by atoms with Gasteiger partial charge in [0.15, 0.2) is 5.82 Å². The van der Waals surface area contributed by atoms with Gasteiger partial charge in [-0.2, -0.15) is 0 Å². The maximum absolute atomic E-state index is 5.20. The molecule has 3 aliphatic carbocycles. The normalized spacial score (nSPS) is 18.2. The number of fused-ring (bicyclic) bond motifs is 7. The fraction of sp³-hybridized carbons (Fsp3) is 0.163. The van der Waals surface area contributed by atoms with E-state index in [-0.39, 0.29) is 5.92 Å². The molecule has 2 nitrogen and oxygen atoms in total. The average Bonchev–Trinajstić information content (AvgIpc) is 3.62. The Morgan fingerprint density at radius 1 is 0.533 bits per heavy atom. The van der Waals surface area contributed by atoms with Gasteiger partial charge in [-0.25, -0.2) is 9.97 Å². The van der Waals surface area contributed by atoms with Crippen LogP contribution in [0.15, 0.2) is 150 Å². The zero-order valence-electron chi connectivity index (χ0n) is 25.3. The van der Waals surface area contributed by atoms with Gasteiger partial charge in [-0.3, -0.25) is 0 Å². The molecule has 1 unspecified atom stereocenters. The van der Waals surface area contributed by atoms with Crippen molar-refractivity contribution in [3.05, 3.63) is 161 Å². The van der Waals surface area contributed by atoms with E-state index in [1.54, 1.807) is 22.3 Å². The lowest BCUT2D eigenvalue weighted by Crippen LogP contribution is -2.10. The summed E-state index contributed by atoms with van der Waals surface area (Å²) in [6.07, 6.45) is 15.8. The second-order valence-electron chi connectivity index (χ2n) is 12.7. The lowest BCUT2D eigenvalue weighted by atomic mass is 9.78. The number of allylic oxidation sites excluding steroid dienone is 8. The molecule has 1 fully saturated rings. The topological polar surface area (TPSA) is 25.8 Å². The molecule has 0 aliphatic heterocycles. The summed E-state index contributed by atoms with van der Waals surface area (Å²) in [5.74, 6) is 1.04. The maximum atomic E-state index is 5.20. The van der Waals surface area contributed by atoms with Crippen molar-refractivity contribution < 1.29 is 0 Å². The minimum absolute atomic E-state index is 0.245. The summed E-state index contributed by atoms with van der Waals surface area (Å²) in [5, 5.41) is 7.66. The number of aromatic nitrogens is 2. The Bertz CT molecular complexity index is 2230. The minimum atomic E-state index is 0.245. The number of nitrogens with zero attached hydrogens (tertiary/aromatic N) is 2. The Kier molecular flexibility index (Phi) is 6.33. The van der Waals surface area contributed by atoms with Crippen LogP contribution in [-0.2, 0) is 0 Å². The molecule has 1 aromatic heterocycles. The molecule has 0 N–H and O–H groups in total. The third-order valence-electron chi connectivity index (χ3n) is 10.2. The Morgan fingerprint density at radius 2 is 1.18 bits per heavy atom. The number of benzene rings is 5. The minimum Gasteiger partial charge on any atom is -0.237 e. The van der Waals surface area contributed by atoms with Gasteiger partial charge in [0, 0.05) is 17.7 Å². The Hall–Kier alpha value is -5.08. The fourth-order valence-corrected chi connectivity index (χ4v) is 8.14. The van der Waals surface area contributed by atoms with E-state index < -0.39 is 0 Å². The van der Waals surface area contributed by atoms with E-state index in [2.05, 4.69) is 121 Å². The van der Waals surface area contributed by atoms with Crippen LogP contribution in [-0.4, -0.2) is 9.97 Å². The summed E-state index contributed by atoms with van der Waals surface area (Å²) in [7, 11) is 0. The monoisotopic (exact) mass is 578 g/mol. The van der Waals surface area contributed by atoms with Crippen LogP contribution >= 0.6 is 0 Å². The van der Waals surface area contributed by atoms with E-state index >= 15 is 0 Å². The summed E-state index contributed by atoms with van der Waals surface area (Å²) in [6.45, 7) is 0. The van der Waals surface area contributed by atoms with Crippen molar-refractivity contribution in [2.45, 2.75) is 44.4 Å². The van der Waals surface area contributed by atoms with E-state index in [1.807, 2.05) is 6.20 Å². The van der Waals surface area contributed by atoms with Gasteiger partial charge in [0.05, 0.1) is 5.69 Å². The first-order valence-corrected chi connectivity index (χ1v) is 16.4. The molecule has 1 atom stereocenters. The lowest BCUT2D eigenvalue weighted by Gasteiger charge is -2.27. The van der Waals surface area contributed by atoms with Crippen LogP contribution in [0, 0.1) is 0 Å². The molecule has 5 aromatic carbocycles. The summed E-state index contributed by atoms with van der Waals surface area (Å²) in [4.78, 5) is 9.98. The molecule has 0 bridgehead atoms. The highest BCUT2D eigenvalue weighted by molar-refractivity contribution is 6.25. The van der Waals surface area contributed by atoms with Gasteiger partial charge in [-0.1, -0.05) is 109 Å². The Morgan fingerprint density at radius 3 is 1.93 bits per heavy atom. The summed E-state index contributed by atoms with van der Waals surface area (Å²) >= 11 is 0. The van der Waals surface area contributed by atoms with Crippen molar-refractivity contribution >= 4 is 37.9 Å². The first kappa shape index (κ1) is 26.3. The predicted molar refractivity (Wildman–Crippen MR) is 188 cm³/mol. The van der Waals surface area contributed by atoms with Gasteiger partial charge in [0.2, 0.25) is 0 Å². The first-order valence-electron chi connectivity index (χ1n) is 16.4. The molecule has 1 saturated carbocycles. The molecule has 1 heterocycles. The highest BCUT2D eigenvalue weighted by atomic mass is 14.9. The first-order chi connectivity index (χ1) is 22.3. The Balaban J connectivity index is 1.06. The average molecular weight is 579 g/mol. The molecule has 3 aliphatic rings. The third-order valence-corrected chi connectivity index (χ3v) is 10.2. The molecule has 0 saturated heterocycles. The van der Waals surface area contributed by atoms with E-state index in [0.717, 1.165) is 36.3 Å². The fourth-order valence-electron chi connectivity index (χ4n) is 8.14. The molecule has 0 amide bonds. The van der Waals surface area contributed by atoms with Crippen LogP contribution in [0.1, 0.15) is 55.7 Å². The van der Waals surface area contributed by atoms with Crippen molar-refractivity contribution in [3.8, 4) is 11.4 Å². The predicted octanol–water partition coefficient (Wildman–Crippen LogP) is 11.3. The summed E-state index contributed by atoms with van der Waals surface area (Å²) < 4.78 is 0. The standard InChI is InChI=1S/C43H34N2/c1-2-10-28(11-3-1)32-22-23-33(35-19-9-18-34(32)35)29-12-8-13-30(26-29)42-24-25-44-43(45-42)31-20-21-40-38-16-5-4-14-36(38)37-15-6-7-17-39(37)41(40)27-31/h1-8,10-17,20-21,24-25,27,30H,9,18-19,22-23,26H2. The van der Waals surface area contributed by atoms with E-state index in [0.29, 0.717) is 0 Å². The van der Waals surface area contributed by atoms with Gasteiger partial charge in [0.25, 0.3) is 0 Å². The third kappa shape index (κ3) is 4.47. The highest BCUT2D eigenvalue weighted by Crippen LogP contribution is 2.48. The SMILES string of the molecule is C1=CC(c2ccnc(-c3ccc4c5ccccc5c5ccccc5c4c3)n2)CC(C2=C3CCCC3=C(c3ccccc3)CC2)=C1. The van der Waals surface area contributed by atoms with Crippen LogP contribution in [0.2, 0.25) is 0 Å². The Labute approximate surface area is 264 Å². The number of rotatable bonds is 4. The van der Waals surface area contributed by atoms with E-state index in [1.165, 1.54) is 62.7 Å². The molecule has 45 heavy (non-hydrogen) atoms. The molecular formula is C43H34N2. The van der Waals surface area contributed by atoms with Gasteiger partial charge >= 0.3 is 0 Å². The van der Waals surface area contributed by atoms with Crippen molar-refractivity contribution in [1.82, 2.24) is 9.97 Å². The largest absolute Gasteiger partial charge is 0.237 e. The lowest BCUT2D eigenvalue weighted by molar-refractivity contribution is 0.767. The zero-order chi connectivity index (χ0) is 29.7. The maximum Gasteiger partial charge on any atom is 0.159 e. The molecule has 2 heteroatoms. The van der Waals surface area contributed by atoms with Gasteiger partial charge in [-0.15, -0.1) is 0 Å². The molecule has 216 valence electrons. The number of hydrogen-bond acceptors (Lipinski definition) is 2. The molecule has 9 rings (SSSR count). The van der Waals surface area contributed by atoms with Crippen LogP contribution in [0.5, 0.6) is 0 Å². The van der Waals surface area contributed by atoms with Crippen molar-refractivity contribution in [3.63, 3.8) is 0 Å². The molecule has 0 spiro atoms. The molecular weight excluding hydrogens is 544 g/mol. The van der Waals surface area contributed by atoms with Gasteiger partial charge in [0.1, 0.15) is 0 Å². The van der Waals surface area contributed by atoms with Crippen LogP contribution in [0.25, 0.3) is 49.3 Å². The van der Waals surface area contributed by atoms with Crippen molar-refractivity contribution in [2.24, 2.45) is 0 Å². The van der Waals surface area contributed by atoms with E-state index in [9.17, 15) is 0 Å². The zero-order valence-corrected chi connectivity index (χ0v) is 25.3. The van der Waals surface area contributed by atoms with Crippen molar-refractivity contribution in [1.29, 1.82) is 0 Å². The van der Waals surface area contributed by atoms with Crippen LogP contribution in [0.3, 0.4) is 0 Å². The van der Waals surface area contributed by atoms with Crippen LogP contribution < -0.4 is 0 Å². The van der Waals surface area contributed by atoms with Crippen molar-refractivity contribution in [2.75, 3.05) is 0 Å². The molecule has 6 aromatic rings.